The van der Waals surface area contributed by atoms with E-state index in [9.17, 15) is 23.3 Å². The maximum Gasteiger partial charge on any atom is 0.423 e. The van der Waals surface area contributed by atoms with Gasteiger partial charge in [-0.05, 0) is 57.0 Å². The second-order valence-electron chi connectivity index (χ2n) is 9.41. The lowest BCUT2D eigenvalue weighted by Gasteiger charge is -2.37. The van der Waals surface area contributed by atoms with Gasteiger partial charge in [-0.3, -0.25) is 15.1 Å². The van der Waals surface area contributed by atoms with Crippen LogP contribution in [0.15, 0.2) is 36.7 Å². The molecule has 2 fully saturated rings. The van der Waals surface area contributed by atoms with Gasteiger partial charge in [-0.2, -0.15) is 13.2 Å². The summed E-state index contributed by atoms with van der Waals surface area (Å²) in [5.41, 5.74) is -0.991. The summed E-state index contributed by atoms with van der Waals surface area (Å²) in [4.78, 5) is 18.7. The van der Waals surface area contributed by atoms with Crippen molar-refractivity contribution in [3.8, 4) is 5.75 Å². The van der Waals surface area contributed by atoms with Gasteiger partial charge in [0, 0.05) is 56.6 Å². The van der Waals surface area contributed by atoms with Crippen molar-refractivity contribution in [2.24, 2.45) is 0 Å². The summed E-state index contributed by atoms with van der Waals surface area (Å²) >= 11 is 5.41. The van der Waals surface area contributed by atoms with Crippen LogP contribution in [0.2, 0.25) is 0 Å². The smallest absolute Gasteiger partial charge is 0.423 e. The van der Waals surface area contributed by atoms with Crippen molar-refractivity contribution >= 4 is 34.4 Å². The second kappa shape index (κ2) is 12.0. The highest BCUT2D eigenvalue weighted by molar-refractivity contribution is 7.80. The van der Waals surface area contributed by atoms with Gasteiger partial charge < -0.3 is 25.2 Å². The first kappa shape index (κ1) is 27.7. The van der Waals surface area contributed by atoms with Gasteiger partial charge in [-0.25, -0.2) is 0 Å². The van der Waals surface area contributed by atoms with Gasteiger partial charge in [-0.1, -0.05) is 0 Å². The van der Waals surface area contributed by atoms with E-state index >= 15 is 0 Å². The average molecular weight is 553 g/mol. The topological polar surface area (TPSA) is 95.8 Å². The average Bonchev–Trinajstić information content (AvgIpc) is 2.89. The minimum absolute atomic E-state index is 0.0259. The molecule has 13 heteroatoms. The molecule has 0 spiro atoms. The Labute approximate surface area is 224 Å². The van der Waals surface area contributed by atoms with Crippen molar-refractivity contribution in [2.45, 2.75) is 50.9 Å². The minimum Gasteiger partial charge on any atom is -0.489 e. The summed E-state index contributed by atoms with van der Waals surface area (Å²) in [6.07, 6.45) is 1.53. The molecule has 1 saturated carbocycles. The molecule has 1 aliphatic carbocycles. The number of nitrogens with one attached hydrogen (secondary N) is 2. The Morgan fingerprint density at radius 1 is 1.16 bits per heavy atom. The largest absolute Gasteiger partial charge is 0.489 e. The van der Waals surface area contributed by atoms with Gasteiger partial charge in [0.2, 0.25) is 0 Å². The van der Waals surface area contributed by atoms with Crippen LogP contribution in [0.3, 0.4) is 0 Å². The lowest BCUT2D eigenvalue weighted by atomic mass is 9.92. The van der Waals surface area contributed by atoms with Crippen LogP contribution in [-0.4, -0.2) is 64.8 Å². The summed E-state index contributed by atoms with van der Waals surface area (Å²) in [7, 11) is 0. The number of piperazine rings is 1. The van der Waals surface area contributed by atoms with Gasteiger partial charge in [0.25, 0.3) is 5.69 Å². The van der Waals surface area contributed by atoms with Crippen LogP contribution in [0, 0.1) is 10.1 Å². The molecular weight excluding hydrogens is 521 g/mol. The molecule has 2 heterocycles. The van der Waals surface area contributed by atoms with Crippen LogP contribution in [0.1, 0.15) is 38.2 Å². The quantitative estimate of drug-likeness (QED) is 0.285. The first-order valence-corrected chi connectivity index (χ1v) is 13.1. The molecule has 1 aliphatic heterocycles. The SMILES string of the molecule is CCNC(=S)N1CCN(c2cncc(O[C@H]3CC[C@H](Nc4ccc([N+](=O)[O-])c(C(F)(F)F)c4)CC3)c2)CC1. The van der Waals surface area contributed by atoms with E-state index in [0.29, 0.717) is 18.6 Å². The molecule has 4 rings (SSSR count). The van der Waals surface area contributed by atoms with Gasteiger partial charge in [0.1, 0.15) is 11.3 Å². The number of rotatable bonds is 7. The summed E-state index contributed by atoms with van der Waals surface area (Å²) in [6, 6.07) is 4.97. The maximum atomic E-state index is 13.3. The monoisotopic (exact) mass is 552 g/mol. The number of hydrogen-bond donors (Lipinski definition) is 2. The van der Waals surface area contributed by atoms with Crippen LogP contribution in [0.4, 0.5) is 30.2 Å². The number of nitro groups is 1. The number of aromatic nitrogens is 1. The Hall–Kier alpha value is -3.35. The normalized spacial score (nSPS) is 20.1. The van der Waals surface area contributed by atoms with E-state index in [0.717, 1.165) is 68.5 Å². The summed E-state index contributed by atoms with van der Waals surface area (Å²) in [5.74, 6) is 0.690. The van der Waals surface area contributed by atoms with Crippen molar-refractivity contribution in [3.63, 3.8) is 0 Å². The molecule has 2 N–H and O–H groups in total. The fourth-order valence-electron chi connectivity index (χ4n) is 4.84. The molecule has 1 aromatic carbocycles. The predicted octanol–water partition coefficient (Wildman–Crippen LogP) is 4.83. The maximum absolute atomic E-state index is 13.3. The molecule has 38 heavy (non-hydrogen) atoms. The molecular formula is C25H31F3N6O3S. The number of ether oxygens (including phenoxy) is 1. The number of pyridine rings is 1. The number of thiocarbonyl (C=S) groups is 1. The summed E-state index contributed by atoms with van der Waals surface area (Å²) in [5, 5.41) is 18.0. The highest BCUT2D eigenvalue weighted by Gasteiger charge is 2.38. The number of halogens is 3. The standard InChI is InChI=1S/C25H31F3N6O3S/c1-2-30-24(38)33-11-9-32(10-12-33)19-14-21(16-29-15-19)37-20-6-3-17(4-7-20)31-18-5-8-23(34(35)36)22(13-18)25(26,27)28/h5,8,13-17,20,31H,2-4,6-7,9-12H2,1H3,(H,30,38)/t17-,20-. The third-order valence-electron chi connectivity index (χ3n) is 6.81. The summed E-state index contributed by atoms with van der Waals surface area (Å²) < 4.78 is 46.1. The number of hydrogen-bond acceptors (Lipinski definition) is 7. The molecule has 0 unspecified atom stereocenters. The molecule has 9 nitrogen and oxygen atoms in total. The van der Waals surface area contributed by atoms with Crippen molar-refractivity contribution in [1.82, 2.24) is 15.2 Å². The Morgan fingerprint density at radius 3 is 2.50 bits per heavy atom. The van der Waals surface area contributed by atoms with Crippen LogP contribution in [0.5, 0.6) is 5.75 Å². The fourth-order valence-corrected chi connectivity index (χ4v) is 5.17. The first-order chi connectivity index (χ1) is 18.1. The molecule has 1 aromatic heterocycles. The van der Waals surface area contributed by atoms with E-state index in [1.807, 2.05) is 19.2 Å². The second-order valence-corrected chi connectivity index (χ2v) is 9.80. The van der Waals surface area contributed by atoms with Crippen molar-refractivity contribution in [2.75, 3.05) is 42.9 Å². The van der Waals surface area contributed by atoms with Gasteiger partial charge >= 0.3 is 6.18 Å². The highest BCUT2D eigenvalue weighted by Crippen LogP contribution is 2.38. The van der Waals surface area contributed by atoms with E-state index in [2.05, 4.69) is 25.4 Å². The van der Waals surface area contributed by atoms with E-state index < -0.39 is 22.4 Å². The Bertz CT molecular complexity index is 1140. The molecule has 0 bridgehead atoms. The molecule has 2 aliphatic rings. The highest BCUT2D eigenvalue weighted by atomic mass is 32.1. The van der Waals surface area contributed by atoms with Crippen LogP contribution >= 0.6 is 12.2 Å². The third-order valence-corrected chi connectivity index (χ3v) is 7.21. The lowest BCUT2D eigenvalue weighted by molar-refractivity contribution is -0.388. The predicted molar refractivity (Wildman–Crippen MR) is 143 cm³/mol. The number of nitrogens with zero attached hydrogens (tertiary/aromatic N) is 4. The molecule has 0 radical (unpaired) electrons. The van der Waals surface area contributed by atoms with E-state index in [4.69, 9.17) is 17.0 Å². The number of benzene rings is 1. The van der Waals surface area contributed by atoms with E-state index in [1.165, 1.54) is 6.07 Å². The zero-order chi connectivity index (χ0) is 27.3. The number of nitro benzene ring substituents is 1. The van der Waals surface area contributed by atoms with Crippen molar-refractivity contribution < 1.29 is 22.8 Å². The number of alkyl halides is 3. The van der Waals surface area contributed by atoms with Gasteiger partial charge in [0.15, 0.2) is 5.11 Å². The molecule has 1 saturated heterocycles. The van der Waals surface area contributed by atoms with Crippen LogP contribution in [-0.2, 0) is 6.18 Å². The van der Waals surface area contributed by atoms with E-state index in [1.54, 1.807) is 6.20 Å². The Kier molecular flexibility index (Phi) is 8.75. The molecule has 0 atom stereocenters. The Balaban J connectivity index is 1.29. The van der Waals surface area contributed by atoms with Crippen LogP contribution < -0.4 is 20.3 Å². The molecule has 0 amide bonds. The Morgan fingerprint density at radius 2 is 1.87 bits per heavy atom. The third kappa shape index (κ3) is 6.94. The summed E-state index contributed by atoms with van der Waals surface area (Å²) in [6.45, 7) is 6.13. The van der Waals surface area contributed by atoms with Crippen molar-refractivity contribution in [3.05, 3.63) is 52.3 Å². The first-order valence-electron chi connectivity index (χ1n) is 12.7. The zero-order valence-corrected chi connectivity index (χ0v) is 21.9. The van der Waals surface area contributed by atoms with Gasteiger partial charge in [0.05, 0.1) is 29.1 Å². The van der Waals surface area contributed by atoms with E-state index in [-0.39, 0.29) is 17.8 Å². The molecule has 206 valence electrons. The number of anilines is 2. The van der Waals surface area contributed by atoms with Crippen molar-refractivity contribution in [1.29, 1.82) is 0 Å². The fraction of sp³-hybridized carbons (Fsp3) is 0.520. The minimum atomic E-state index is -4.80. The van der Waals surface area contributed by atoms with Crippen LogP contribution in [0.25, 0.3) is 0 Å². The zero-order valence-electron chi connectivity index (χ0n) is 21.0. The lowest BCUT2D eigenvalue weighted by Crippen LogP contribution is -2.51. The van der Waals surface area contributed by atoms with Gasteiger partial charge in [-0.15, -0.1) is 0 Å². The molecule has 2 aromatic rings.